The molecule has 2 fully saturated rings. The molecule has 1 spiro atoms. The Kier molecular flexibility index (Phi) is 7.85. The number of fused-ring (bicyclic) bond motifs is 3. The number of nitrogens with zero attached hydrogens (tertiary/aromatic N) is 6. The fourth-order valence-electron chi connectivity index (χ4n) is 7.28. The first-order chi connectivity index (χ1) is 20.0. The lowest BCUT2D eigenvalue weighted by Gasteiger charge is -2.44. The highest BCUT2D eigenvalue weighted by Gasteiger charge is 2.44. The van der Waals surface area contributed by atoms with Gasteiger partial charge in [0.25, 0.3) is 0 Å². The molecule has 2 aromatic rings. The summed E-state index contributed by atoms with van der Waals surface area (Å²) in [6.07, 6.45) is 8.62. The SMILES string of the molecule is C=CC(=O)N1CCN(c2nc(OC[C@@H]3CCCN3CC)nc3c2CCC2(CCCc4ccccc42)O3)C[C@@H]1CC#N. The zero-order chi connectivity index (χ0) is 28.4. The van der Waals surface area contributed by atoms with Crippen LogP contribution in [0, 0.1) is 11.3 Å². The van der Waals surface area contributed by atoms with Gasteiger partial charge in [-0.15, -0.1) is 0 Å². The molecule has 1 amide bonds. The number of nitriles is 1. The Balaban J connectivity index is 1.34. The molecule has 9 nitrogen and oxygen atoms in total. The van der Waals surface area contributed by atoms with Crippen LogP contribution in [0.3, 0.4) is 0 Å². The quantitative estimate of drug-likeness (QED) is 0.472. The van der Waals surface area contributed by atoms with Crippen LogP contribution < -0.4 is 14.4 Å². The molecule has 0 N–H and O–H groups in total. The average molecular weight is 557 g/mol. The molecule has 1 aromatic heterocycles. The van der Waals surface area contributed by atoms with Crippen molar-refractivity contribution in [2.45, 2.75) is 76.0 Å². The normalized spacial score (nSPS) is 25.7. The van der Waals surface area contributed by atoms with E-state index in [1.54, 1.807) is 4.90 Å². The van der Waals surface area contributed by atoms with E-state index in [9.17, 15) is 10.1 Å². The van der Waals surface area contributed by atoms with Gasteiger partial charge in [-0.3, -0.25) is 9.69 Å². The number of likely N-dealkylation sites (tertiary alicyclic amines) is 1. The largest absolute Gasteiger partial charge is 0.466 e. The van der Waals surface area contributed by atoms with Crippen LogP contribution in [0.1, 0.15) is 62.1 Å². The van der Waals surface area contributed by atoms with Gasteiger partial charge >= 0.3 is 6.01 Å². The number of hydrogen-bond acceptors (Lipinski definition) is 8. The summed E-state index contributed by atoms with van der Waals surface area (Å²) in [5.74, 6) is 1.27. The first-order valence-electron chi connectivity index (χ1n) is 15.2. The fourth-order valence-corrected chi connectivity index (χ4v) is 7.28. The fraction of sp³-hybridized carbons (Fsp3) is 0.562. The van der Waals surface area contributed by atoms with Crippen LogP contribution >= 0.6 is 0 Å². The van der Waals surface area contributed by atoms with Crippen LogP contribution in [0.4, 0.5) is 5.82 Å². The molecular weight excluding hydrogens is 516 g/mol. The molecule has 216 valence electrons. The van der Waals surface area contributed by atoms with Crippen molar-refractivity contribution in [3.63, 3.8) is 0 Å². The van der Waals surface area contributed by atoms with E-state index < -0.39 is 5.60 Å². The second-order valence-corrected chi connectivity index (χ2v) is 11.7. The van der Waals surface area contributed by atoms with E-state index in [-0.39, 0.29) is 18.4 Å². The summed E-state index contributed by atoms with van der Waals surface area (Å²) in [4.78, 5) is 28.8. The number of anilines is 1. The number of amides is 1. The van der Waals surface area contributed by atoms with Crippen molar-refractivity contribution in [3.05, 3.63) is 53.6 Å². The van der Waals surface area contributed by atoms with Crippen molar-refractivity contribution in [3.8, 4) is 18.0 Å². The molecule has 41 heavy (non-hydrogen) atoms. The second kappa shape index (κ2) is 11.7. The maximum atomic E-state index is 12.5. The summed E-state index contributed by atoms with van der Waals surface area (Å²) in [6, 6.07) is 11.3. The highest BCUT2D eigenvalue weighted by atomic mass is 16.5. The summed E-state index contributed by atoms with van der Waals surface area (Å²) < 4.78 is 13.2. The monoisotopic (exact) mass is 556 g/mol. The van der Waals surface area contributed by atoms with Crippen LogP contribution in [0.15, 0.2) is 36.9 Å². The van der Waals surface area contributed by atoms with E-state index in [2.05, 4.69) is 53.6 Å². The van der Waals surface area contributed by atoms with Crippen molar-refractivity contribution >= 4 is 11.7 Å². The molecule has 4 aliphatic rings. The lowest BCUT2D eigenvalue weighted by molar-refractivity contribution is -0.128. The number of benzene rings is 1. The smallest absolute Gasteiger partial charge is 0.321 e. The van der Waals surface area contributed by atoms with E-state index >= 15 is 0 Å². The van der Waals surface area contributed by atoms with Gasteiger partial charge in [-0.25, -0.2) is 0 Å². The maximum Gasteiger partial charge on any atom is 0.321 e. The number of carbonyl (C=O) groups excluding carboxylic acids is 1. The Morgan fingerprint density at radius 3 is 2.90 bits per heavy atom. The van der Waals surface area contributed by atoms with Gasteiger partial charge in [-0.2, -0.15) is 15.2 Å². The van der Waals surface area contributed by atoms with E-state index in [1.807, 2.05) is 0 Å². The number of aromatic nitrogens is 2. The third kappa shape index (κ3) is 5.26. The van der Waals surface area contributed by atoms with Crippen molar-refractivity contribution < 1.29 is 14.3 Å². The topological polar surface area (TPSA) is 94.8 Å². The minimum absolute atomic E-state index is 0.142. The van der Waals surface area contributed by atoms with Crippen molar-refractivity contribution in [1.82, 2.24) is 19.8 Å². The maximum absolute atomic E-state index is 12.5. The standard InChI is InChI=1S/C32H40N6O3/c1-3-28(39)38-20-19-37(21-24(38)14-17-33)29-26-13-16-32(15-7-10-23-9-5-6-12-27(23)32)41-30(26)35-31(34-29)40-22-25-11-8-18-36(25)4-2/h3,5-6,9,12,24-25H,1,4,7-8,10-11,13-16,18-22H2,2H3/t24-,25-,32?/m0/s1. The van der Waals surface area contributed by atoms with Crippen molar-refractivity contribution in [2.24, 2.45) is 0 Å². The first kappa shape index (κ1) is 27.5. The van der Waals surface area contributed by atoms with Gasteiger partial charge in [0.05, 0.1) is 24.1 Å². The van der Waals surface area contributed by atoms with Gasteiger partial charge in [0.2, 0.25) is 11.8 Å². The lowest BCUT2D eigenvalue weighted by Crippen LogP contribution is -2.55. The highest BCUT2D eigenvalue weighted by Crippen LogP contribution is 2.48. The van der Waals surface area contributed by atoms with Gasteiger partial charge < -0.3 is 19.3 Å². The highest BCUT2D eigenvalue weighted by molar-refractivity contribution is 5.87. The van der Waals surface area contributed by atoms with Crippen LogP contribution in [0.2, 0.25) is 0 Å². The summed E-state index contributed by atoms with van der Waals surface area (Å²) in [5.41, 5.74) is 3.22. The molecule has 1 aromatic carbocycles. The molecule has 2 saturated heterocycles. The van der Waals surface area contributed by atoms with E-state index in [0.717, 1.165) is 63.0 Å². The minimum Gasteiger partial charge on any atom is -0.466 e. The van der Waals surface area contributed by atoms with E-state index in [4.69, 9.17) is 19.4 Å². The van der Waals surface area contributed by atoms with Crippen LogP contribution in [-0.2, 0) is 23.2 Å². The predicted molar refractivity (Wildman–Crippen MR) is 156 cm³/mol. The Morgan fingerprint density at radius 2 is 2.07 bits per heavy atom. The van der Waals surface area contributed by atoms with Gasteiger partial charge in [0.1, 0.15) is 18.0 Å². The van der Waals surface area contributed by atoms with Gasteiger partial charge in [0.15, 0.2) is 0 Å². The van der Waals surface area contributed by atoms with E-state index in [1.165, 1.54) is 23.6 Å². The van der Waals surface area contributed by atoms with Gasteiger partial charge in [0, 0.05) is 25.7 Å². The second-order valence-electron chi connectivity index (χ2n) is 11.7. The summed E-state index contributed by atoms with van der Waals surface area (Å²) >= 11 is 0. The van der Waals surface area contributed by atoms with Gasteiger partial charge in [-0.05, 0) is 75.2 Å². The molecule has 0 radical (unpaired) electrons. The number of piperazine rings is 1. The van der Waals surface area contributed by atoms with E-state index in [0.29, 0.717) is 44.2 Å². The Labute approximate surface area is 242 Å². The molecular formula is C32H40N6O3. The molecule has 0 bridgehead atoms. The average Bonchev–Trinajstić information content (AvgIpc) is 3.47. The number of carbonyl (C=O) groups is 1. The molecule has 1 aliphatic carbocycles. The van der Waals surface area contributed by atoms with Crippen LogP contribution in [0.5, 0.6) is 11.9 Å². The number of rotatable bonds is 7. The molecule has 9 heteroatoms. The Bertz CT molecular complexity index is 1340. The predicted octanol–water partition coefficient (Wildman–Crippen LogP) is 4.01. The summed E-state index contributed by atoms with van der Waals surface area (Å²) in [6.45, 7) is 10.1. The summed E-state index contributed by atoms with van der Waals surface area (Å²) in [7, 11) is 0. The summed E-state index contributed by atoms with van der Waals surface area (Å²) in [5, 5.41) is 9.52. The number of aryl methyl sites for hydroxylation is 1. The molecule has 3 atom stereocenters. The molecule has 1 unspecified atom stereocenters. The zero-order valence-electron chi connectivity index (χ0n) is 24.1. The molecule has 4 heterocycles. The lowest BCUT2D eigenvalue weighted by atomic mass is 9.75. The van der Waals surface area contributed by atoms with Crippen LogP contribution in [-0.4, -0.2) is 77.1 Å². The number of likely N-dealkylation sites (N-methyl/N-ethyl adjacent to an activating group) is 1. The molecule has 3 aliphatic heterocycles. The number of ether oxygens (including phenoxy) is 2. The third-order valence-corrected chi connectivity index (χ3v) is 9.41. The minimum atomic E-state index is -0.395. The van der Waals surface area contributed by atoms with Gasteiger partial charge in [-0.1, -0.05) is 37.8 Å². The third-order valence-electron chi connectivity index (χ3n) is 9.41. The Hall–Kier alpha value is -3.64. The zero-order valence-corrected chi connectivity index (χ0v) is 24.1. The Morgan fingerprint density at radius 1 is 1.20 bits per heavy atom. The first-order valence-corrected chi connectivity index (χ1v) is 15.2. The van der Waals surface area contributed by atoms with Crippen molar-refractivity contribution in [1.29, 1.82) is 5.26 Å². The van der Waals surface area contributed by atoms with Crippen LogP contribution in [0.25, 0.3) is 0 Å². The molecule has 6 rings (SSSR count). The molecule has 0 saturated carbocycles. The van der Waals surface area contributed by atoms with Crippen molar-refractivity contribution in [2.75, 3.05) is 44.2 Å². The number of hydrogen-bond donors (Lipinski definition) is 0.